The van der Waals surface area contributed by atoms with Crippen molar-refractivity contribution in [2.24, 2.45) is 0 Å². The molecule has 1 atom stereocenters. The van der Waals surface area contributed by atoms with Gasteiger partial charge in [0.25, 0.3) is 5.56 Å². The summed E-state index contributed by atoms with van der Waals surface area (Å²) in [5, 5.41) is 5.65. The van der Waals surface area contributed by atoms with Gasteiger partial charge in [0.1, 0.15) is 6.10 Å². The fraction of sp³-hybridized carbons (Fsp3) is 0.583. The lowest BCUT2D eigenvalue weighted by Crippen LogP contribution is -2.37. The molecule has 3 N–H and O–H groups in total. The summed E-state index contributed by atoms with van der Waals surface area (Å²) in [6.07, 6.45) is -0.457. The number of carbonyl (C=O) groups excluding carboxylic acids is 1. The van der Waals surface area contributed by atoms with E-state index in [1.807, 2.05) is 6.92 Å². The molecule has 1 heterocycles. The van der Waals surface area contributed by atoms with Gasteiger partial charge in [0.15, 0.2) is 0 Å². The maximum Gasteiger partial charge on any atom is 0.252 e. The van der Waals surface area contributed by atoms with Crippen LogP contribution in [0, 0.1) is 6.92 Å². The molecule has 1 amide bonds. The molecule has 0 bridgehead atoms. The summed E-state index contributed by atoms with van der Waals surface area (Å²) in [6.45, 7) is 6.68. The van der Waals surface area contributed by atoms with E-state index in [0.717, 1.165) is 0 Å². The van der Waals surface area contributed by atoms with Crippen molar-refractivity contribution in [3.05, 3.63) is 22.1 Å². The van der Waals surface area contributed by atoms with Crippen molar-refractivity contribution >= 4 is 11.9 Å². The minimum Gasteiger partial charge on any atom is -0.369 e. The van der Waals surface area contributed by atoms with Crippen molar-refractivity contribution in [1.82, 2.24) is 15.3 Å². The molecule has 7 heteroatoms. The topological polar surface area (TPSA) is 96.1 Å². The van der Waals surface area contributed by atoms with Crippen LogP contribution in [-0.2, 0) is 9.53 Å². The number of aryl methyl sites for hydroxylation is 1. The molecule has 1 aromatic rings. The predicted octanol–water partition coefficient (Wildman–Crippen LogP) is 0.0314. The standard InChI is InChI=1S/C12H20N4O3/c1-4-19-9(3)11(18)13-5-6-14-12-15-8(2)7-10(17)16-12/h7,9H,4-6H2,1-3H3,(H,13,18)(H2,14,15,16,17)/t9-/m0/s1. The normalized spacial score (nSPS) is 11.9. The molecule has 7 nitrogen and oxygen atoms in total. The van der Waals surface area contributed by atoms with Crippen LogP contribution in [0.5, 0.6) is 0 Å². The molecule has 0 spiro atoms. The summed E-state index contributed by atoms with van der Waals surface area (Å²) in [7, 11) is 0. The van der Waals surface area contributed by atoms with Gasteiger partial charge >= 0.3 is 0 Å². The van der Waals surface area contributed by atoms with Gasteiger partial charge in [-0.2, -0.15) is 0 Å². The fourth-order valence-corrected chi connectivity index (χ4v) is 1.50. The first-order valence-electron chi connectivity index (χ1n) is 6.24. The Kier molecular flexibility index (Phi) is 6.01. The lowest BCUT2D eigenvalue weighted by molar-refractivity contribution is -0.131. The minimum absolute atomic E-state index is 0.158. The van der Waals surface area contributed by atoms with E-state index < -0.39 is 6.10 Å². The molecule has 1 aromatic heterocycles. The lowest BCUT2D eigenvalue weighted by atomic mass is 10.3. The summed E-state index contributed by atoms with van der Waals surface area (Å²) in [5.41, 5.74) is 0.434. The van der Waals surface area contributed by atoms with Crippen LogP contribution < -0.4 is 16.2 Å². The smallest absolute Gasteiger partial charge is 0.252 e. The molecule has 0 unspecified atom stereocenters. The number of ether oxygens (including phenoxy) is 1. The first kappa shape index (κ1) is 15.2. The first-order valence-corrected chi connectivity index (χ1v) is 6.24. The monoisotopic (exact) mass is 268 g/mol. The number of amides is 1. The molecule has 0 radical (unpaired) electrons. The predicted molar refractivity (Wildman–Crippen MR) is 72.2 cm³/mol. The summed E-state index contributed by atoms with van der Waals surface area (Å²) >= 11 is 0. The minimum atomic E-state index is -0.457. The zero-order valence-electron chi connectivity index (χ0n) is 11.4. The van der Waals surface area contributed by atoms with Gasteiger partial charge in [0.2, 0.25) is 11.9 Å². The number of nitrogens with zero attached hydrogens (tertiary/aromatic N) is 1. The Bertz CT molecular complexity index is 472. The second kappa shape index (κ2) is 7.52. The largest absolute Gasteiger partial charge is 0.369 e. The van der Waals surface area contributed by atoms with Gasteiger partial charge in [-0.3, -0.25) is 14.6 Å². The van der Waals surface area contributed by atoms with E-state index in [2.05, 4.69) is 20.6 Å². The molecule has 0 aliphatic heterocycles. The Morgan fingerprint density at radius 3 is 2.89 bits per heavy atom. The Morgan fingerprint density at radius 1 is 1.53 bits per heavy atom. The van der Waals surface area contributed by atoms with Gasteiger partial charge < -0.3 is 15.4 Å². The van der Waals surface area contributed by atoms with E-state index in [1.54, 1.807) is 13.8 Å². The van der Waals surface area contributed by atoms with Crippen LogP contribution in [0.15, 0.2) is 10.9 Å². The number of anilines is 1. The fourth-order valence-electron chi connectivity index (χ4n) is 1.50. The van der Waals surface area contributed by atoms with E-state index in [9.17, 15) is 9.59 Å². The number of nitrogens with one attached hydrogen (secondary N) is 3. The van der Waals surface area contributed by atoms with Crippen molar-refractivity contribution in [1.29, 1.82) is 0 Å². The molecule has 1 rings (SSSR count). The summed E-state index contributed by atoms with van der Waals surface area (Å²) in [4.78, 5) is 29.4. The average molecular weight is 268 g/mol. The molecule has 0 aliphatic carbocycles. The van der Waals surface area contributed by atoms with E-state index in [0.29, 0.717) is 31.3 Å². The van der Waals surface area contributed by atoms with E-state index >= 15 is 0 Å². The van der Waals surface area contributed by atoms with E-state index in [1.165, 1.54) is 6.07 Å². The Morgan fingerprint density at radius 2 is 2.26 bits per heavy atom. The molecule has 0 aliphatic rings. The maximum atomic E-state index is 11.5. The number of aromatic nitrogens is 2. The number of hydrogen-bond acceptors (Lipinski definition) is 5. The van der Waals surface area contributed by atoms with Gasteiger partial charge in [0, 0.05) is 31.5 Å². The molecular formula is C12H20N4O3. The second-order valence-electron chi connectivity index (χ2n) is 4.05. The first-order chi connectivity index (χ1) is 9.02. The highest BCUT2D eigenvalue weighted by atomic mass is 16.5. The van der Waals surface area contributed by atoms with Gasteiger partial charge in [-0.25, -0.2) is 4.98 Å². The second-order valence-corrected chi connectivity index (χ2v) is 4.05. The highest BCUT2D eigenvalue weighted by molar-refractivity contribution is 5.80. The maximum absolute atomic E-state index is 11.5. The molecule has 0 fully saturated rings. The number of carbonyl (C=O) groups is 1. The van der Waals surface area contributed by atoms with Crippen LogP contribution in [0.3, 0.4) is 0 Å². The molecule has 0 saturated carbocycles. The zero-order chi connectivity index (χ0) is 14.3. The molecular weight excluding hydrogens is 248 g/mol. The number of hydrogen-bond donors (Lipinski definition) is 3. The average Bonchev–Trinajstić information content (AvgIpc) is 2.33. The van der Waals surface area contributed by atoms with Crippen LogP contribution in [0.2, 0.25) is 0 Å². The Balaban J connectivity index is 2.31. The van der Waals surface area contributed by atoms with Gasteiger partial charge in [0.05, 0.1) is 0 Å². The van der Waals surface area contributed by atoms with Crippen molar-refractivity contribution in [3.63, 3.8) is 0 Å². The van der Waals surface area contributed by atoms with Crippen molar-refractivity contribution < 1.29 is 9.53 Å². The molecule has 0 saturated heterocycles. The van der Waals surface area contributed by atoms with Gasteiger partial charge in [-0.05, 0) is 20.8 Å². The molecule has 0 aromatic carbocycles. The molecule has 19 heavy (non-hydrogen) atoms. The molecule has 106 valence electrons. The third kappa shape index (κ3) is 5.52. The highest BCUT2D eigenvalue weighted by Crippen LogP contribution is 1.94. The van der Waals surface area contributed by atoms with Crippen molar-refractivity contribution in [3.8, 4) is 0 Å². The van der Waals surface area contributed by atoms with Crippen LogP contribution in [0.1, 0.15) is 19.5 Å². The third-order valence-electron chi connectivity index (χ3n) is 2.37. The van der Waals surface area contributed by atoms with Crippen molar-refractivity contribution in [2.75, 3.05) is 25.0 Å². The zero-order valence-corrected chi connectivity index (χ0v) is 11.4. The van der Waals surface area contributed by atoms with Crippen LogP contribution in [-0.4, -0.2) is 41.7 Å². The summed E-state index contributed by atoms with van der Waals surface area (Å²) in [5.74, 6) is 0.242. The lowest BCUT2D eigenvalue weighted by Gasteiger charge is -2.12. The van der Waals surface area contributed by atoms with Gasteiger partial charge in [-0.15, -0.1) is 0 Å². The van der Waals surface area contributed by atoms with Crippen LogP contribution in [0.25, 0.3) is 0 Å². The summed E-state index contributed by atoms with van der Waals surface area (Å²) < 4.78 is 5.16. The number of H-pyrrole nitrogens is 1. The highest BCUT2D eigenvalue weighted by Gasteiger charge is 2.10. The van der Waals surface area contributed by atoms with E-state index in [-0.39, 0.29) is 11.5 Å². The Labute approximate surface area is 111 Å². The third-order valence-corrected chi connectivity index (χ3v) is 2.37. The SMILES string of the molecule is CCO[C@@H](C)C(=O)NCCNc1nc(C)cc(=O)[nH]1. The summed E-state index contributed by atoms with van der Waals surface area (Å²) in [6, 6.07) is 1.41. The van der Waals surface area contributed by atoms with Crippen molar-refractivity contribution in [2.45, 2.75) is 26.9 Å². The number of rotatable bonds is 7. The van der Waals surface area contributed by atoms with Gasteiger partial charge in [-0.1, -0.05) is 0 Å². The quantitative estimate of drug-likeness (QED) is 0.606. The van der Waals surface area contributed by atoms with Crippen LogP contribution >= 0.6 is 0 Å². The van der Waals surface area contributed by atoms with E-state index in [4.69, 9.17) is 4.74 Å². The Hall–Kier alpha value is -1.89. The van der Waals surface area contributed by atoms with Crippen LogP contribution in [0.4, 0.5) is 5.95 Å². The number of aromatic amines is 1.